The number of para-hydroxylation sites is 1. The van der Waals surface area contributed by atoms with E-state index >= 15 is 0 Å². The van der Waals surface area contributed by atoms with E-state index in [1.54, 1.807) is 6.20 Å². The second-order valence-corrected chi connectivity index (χ2v) is 6.51. The highest BCUT2D eigenvalue weighted by molar-refractivity contribution is 6.34. The van der Waals surface area contributed by atoms with Crippen LogP contribution >= 0.6 is 0 Å². The summed E-state index contributed by atoms with van der Waals surface area (Å²) in [4.78, 5) is 23.3. The van der Waals surface area contributed by atoms with Gasteiger partial charge >= 0.3 is 5.69 Å². The number of unbranched alkanes of at least 4 members (excludes halogenated alkanes) is 2. The van der Waals surface area contributed by atoms with Gasteiger partial charge in [-0.3, -0.25) is 0 Å². The summed E-state index contributed by atoms with van der Waals surface area (Å²) in [5.74, 6) is 0. The van der Waals surface area contributed by atoms with E-state index in [2.05, 4.69) is 16.9 Å². The lowest BCUT2D eigenvalue weighted by atomic mass is 9.80. The van der Waals surface area contributed by atoms with E-state index in [-0.39, 0.29) is 5.69 Å². The zero-order valence-corrected chi connectivity index (χ0v) is 13.7. The fraction of sp³-hybridized carbons (Fsp3) is 0.316. The first-order valence-corrected chi connectivity index (χ1v) is 8.43. The number of aromatic nitrogens is 2. The summed E-state index contributed by atoms with van der Waals surface area (Å²) in [6, 6.07) is 7.97. The van der Waals surface area contributed by atoms with Crippen molar-refractivity contribution in [1.82, 2.24) is 9.97 Å². The van der Waals surface area contributed by atoms with Gasteiger partial charge in [-0.25, -0.2) is 14.8 Å². The molecule has 5 heteroatoms. The number of H-pyrrole nitrogens is 1. The summed E-state index contributed by atoms with van der Waals surface area (Å²) in [5.41, 5.74) is 9.54. The van der Waals surface area contributed by atoms with Crippen molar-refractivity contribution >= 4 is 23.0 Å². The quantitative estimate of drug-likeness (QED) is 0.828. The number of benzene rings is 1. The van der Waals surface area contributed by atoms with Crippen molar-refractivity contribution in [3.63, 3.8) is 0 Å². The van der Waals surface area contributed by atoms with Crippen LogP contribution in [0.25, 0.3) is 11.6 Å². The molecular formula is C19H20N4O. The highest BCUT2D eigenvalue weighted by Crippen LogP contribution is 2.38. The van der Waals surface area contributed by atoms with Crippen molar-refractivity contribution in [3.8, 4) is 0 Å². The molecule has 1 aliphatic carbocycles. The van der Waals surface area contributed by atoms with Gasteiger partial charge in [-0.1, -0.05) is 44.4 Å². The predicted octanol–water partition coefficient (Wildman–Crippen LogP) is 1.13. The lowest BCUT2D eigenvalue weighted by molar-refractivity contribution is 0.583. The van der Waals surface area contributed by atoms with Crippen LogP contribution in [-0.4, -0.2) is 21.2 Å². The number of rotatable bonds is 4. The van der Waals surface area contributed by atoms with Crippen molar-refractivity contribution in [2.45, 2.75) is 38.1 Å². The zero-order valence-electron chi connectivity index (χ0n) is 13.7. The van der Waals surface area contributed by atoms with E-state index in [9.17, 15) is 4.79 Å². The number of nitrogens with one attached hydrogen (secondary N) is 1. The molecule has 2 heterocycles. The molecule has 24 heavy (non-hydrogen) atoms. The maximum atomic E-state index is 11.7. The Morgan fingerprint density at radius 3 is 2.92 bits per heavy atom. The number of hydrogen-bond donors (Lipinski definition) is 2. The molecule has 2 aromatic rings. The maximum absolute atomic E-state index is 11.7. The van der Waals surface area contributed by atoms with Gasteiger partial charge in [0.15, 0.2) is 0 Å². The third kappa shape index (κ3) is 2.24. The van der Waals surface area contributed by atoms with E-state index < -0.39 is 5.54 Å². The minimum atomic E-state index is -0.629. The van der Waals surface area contributed by atoms with Gasteiger partial charge in [0.05, 0.1) is 22.3 Å². The molecule has 1 aliphatic heterocycles. The molecule has 2 aliphatic rings. The first-order chi connectivity index (χ1) is 11.6. The van der Waals surface area contributed by atoms with Crippen LogP contribution in [0, 0.1) is 0 Å². The van der Waals surface area contributed by atoms with Gasteiger partial charge in [0.25, 0.3) is 0 Å². The van der Waals surface area contributed by atoms with Crippen molar-refractivity contribution in [2.24, 2.45) is 10.7 Å². The molecule has 0 spiro atoms. The third-order valence-corrected chi connectivity index (χ3v) is 4.78. The van der Waals surface area contributed by atoms with Crippen LogP contribution in [0.4, 0.5) is 5.69 Å². The highest BCUT2D eigenvalue weighted by atomic mass is 16.1. The third-order valence-electron chi connectivity index (χ3n) is 4.78. The summed E-state index contributed by atoms with van der Waals surface area (Å²) in [6.45, 7) is 2.18. The molecule has 122 valence electrons. The fourth-order valence-corrected chi connectivity index (χ4v) is 3.60. The molecule has 0 fully saturated rings. The van der Waals surface area contributed by atoms with Crippen LogP contribution in [0.1, 0.15) is 38.2 Å². The molecule has 1 aromatic heterocycles. The molecule has 0 saturated heterocycles. The minimum Gasteiger partial charge on any atom is -0.317 e. The summed E-state index contributed by atoms with van der Waals surface area (Å²) >= 11 is 0. The first-order valence-electron chi connectivity index (χ1n) is 8.43. The van der Waals surface area contributed by atoms with E-state index in [0.717, 1.165) is 58.8 Å². The number of fused-ring (bicyclic) bond motifs is 4. The van der Waals surface area contributed by atoms with Crippen LogP contribution < -0.4 is 22.0 Å². The molecule has 5 nitrogen and oxygen atoms in total. The maximum Gasteiger partial charge on any atom is 0.345 e. The smallest absolute Gasteiger partial charge is 0.317 e. The number of aliphatic imine (C=N–C) groups is 1. The van der Waals surface area contributed by atoms with Gasteiger partial charge in [0, 0.05) is 22.6 Å². The monoisotopic (exact) mass is 320 g/mol. The molecule has 0 amide bonds. The van der Waals surface area contributed by atoms with Crippen molar-refractivity contribution in [3.05, 3.63) is 57.1 Å². The molecular weight excluding hydrogens is 300 g/mol. The summed E-state index contributed by atoms with van der Waals surface area (Å²) < 4.78 is 0. The van der Waals surface area contributed by atoms with Gasteiger partial charge in [0.1, 0.15) is 0 Å². The Bertz CT molecular complexity index is 1020. The van der Waals surface area contributed by atoms with Crippen LogP contribution in [-0.2, 0) is 0 Å². The summed E-state index contributed by atoms with van der Waals surface area (Å²) in [6.07, 6.45) is 7.77. The van der Waals surface area contributed by atoms with Crippen LogP contribution in [0.2, 0.25) is 0 Å². The number of nitrogens with zero attached hydrogens (tertiary/aromatic N) is 2. The van der Waals surface area contributed by atoms with Crippen molar-refractivity contribution in [1.29, 1.82) is 0 Å². The Morgan fingerprint density at radius 1 is 1.25 bits per heavy atom. The first kappa shape index (κ1) is 15.0. The van der Waals surface area contributed by atoms with Crippen LogP contribution in [0.3, 0.4) is 0 Å². The van der Waals surface area contributed by atoms with Gasteiger partial charge < -0.3 is 10.7 Å². The summed E-state index contributed by atoms with van der Waals surface area (Å²) in [5, 5.41) is 1.65. The van der Waals surface area contributed by atoms with Gasteiger partial charge in [-0.05, 0) is 18.6 Å². The molecule has 4 rings (SSSR count). The van der Waals surface area contributed by atoms with Gasteiger partial charge in [0.2, 0.25) is 0 Å². The van der Waals surface area contributed by atoms with E-state index in [0.29, 0.717) is 0 Å². The topological polar surface area (TPSA) is 84.1 Å². The fourth-order valence-electron chi connectivity index (χ4n) is 3.60. The average Bonchev–Trinajstić information content (AvgIpc) is 2.97. The molecule has 0 bridgehead atoms. The lowest BCUT2D eigenvalue weighted by Gasteiger charge is -2.30. The molecule has 1 atom stereocenters. The second kappa shape index (κ2) is 5.53. The van der Waals surface area contributed by atoms with Crippen LogP contribution in [0.15, 0.2) is 40.2 Å². The Morgan fingerprint density at radius 2 is 2.08 bits per heavy atom. The van der Waals surface area contributed by atoms with E-state index in [4.69, 9.17) is 10.7 Å². The Balaban J connectivity index is 1.99. The SMILES string of the molecule is CCCCCC1(N)C=c2cnc(=O)[nH]c2=C2C1=Nc1ccccc12. The van der Waals surface area contributed by atoms with Crippen molar-refractivity contribution in [2.75, 3.05) is 0 Å². The Kier molecular flexibility index (Phi) is 3.46. The number of aromatic amines is 1. The van der Waals surface area contributed by atoms with Crippen molar-refractivity contribution < 1.29 is 0 Å². The van der Waals surface area contributed by atoms with E-state index in [1.165, 1.54) is 0 Å². The Labute approximate surface area is 139 Å². The van der Waals surface area contributed by atoms with Gasteiger partial charge in [-0.2, -0.15) is 0 Å². The summed E-state index contributed by atoms with van der Waals surface area (Å²) in [7, 11) is 0. The molecule has 3 N–H and O–H groups in total. The normalized spacial score (nSPS) is 20.8. The largest absolute Gasteiger partial charge is 0.345 e. The number of hydrogen-bond acceptors (Lipinski definition) is 4. The number of nitrogens with two attached hydrogens (primary N) is 1. The Hall–Kier alpha value is -2.53. The zero-order chi connectivity index (χ0) is 16.7. The standard InChI is InChI=1S/C19H20N4O/c1-2-3-6-9-19(20)10-12-11-21-18(24)23-16(12)15-13-7-4-5-8-14(13)22-17(15)19/h4-5,7-8,10-11H,2-3,6,9,20H2,1H3,(H,23,24). The van der Waals surface area contributed by atoms with E-state index in [1.807, 2.05) is 30.3 Å². The lowest BCUT2D eigenvalue weighted by Crippen LogP contribution is -2.55. The molecule has 0 radical (unpaired) electrons. The minimum absolute atomic E-state index is 0.353. The second-order valence-electron chi connectivity index (χ2n) is 6.51. The average molecular weight is 320 g/mol. The molecule has 0 saturated carbocycles. The predicted molar refractivity (Wildman–Crippen MR) is 95.7 cm³/mol. The molecule has 1 aromatic carbocycles. The van der Waals surface area contributed by atoms with Crippen LogP contribution in [0.5, 0.6) is 0 Å². The van der Waals surface area contributed by atoms with Gasteiger partial charge in [-0.15, -0.1) is 0 Å². The highest BCUT2D eigenvalue weighted by Gasteiger charge is 2.38. The molecule has 1 unspecified atom stereocenters.